The Kier molecular flexibility index (Phi) is 7.96. The number of carbonyl (C=O) groups is 2. The number of hydrogen-bond acceptors (Lipinski definition) is 4. The van der Waals surface area contributed by atoms with E-state index in [0.717, 1.165) is 33.4 Å². The van der Waals surface area contributed by atoms with Crippen molar-refractivity contribution in [1.82, 2.24) is 0 Å². The van der Waals surface area contributed by atoms with Crippen LogP contribution in [0.4, 0.5) is 0 Å². The molecule has 0 saturated heterocycles. The van der Waals surface area contributed by atoms with Crippen LogP contribution < -0.4 is 9.47 Å². The van der Waals surface area contributed by atoms with Gasteiger partial charge in [-0.3, -0.25) is 0 Å². The third-order valence-electron chi connectivity index (χ3n) is 6.67. The van der Waals surface area contributed by atoms with Crippen molar-refractivity contribution < 1.29 is 19.1 Å². The van der Waals surface area contributed by atoms with Gasteiger partial charge in [0.05, 0.1) is 0 Å². The molecule has 196 valence electrons. The second kappa shape index (κ2) is 11.4. The first-order valence-corrected chi connectivity index (χ1v) is 12.7. The minimum Gasteiger partial charge on any atom is -0.423 e. The molecule has 0 spiro atoms. The maximum atomic E-state index is 12.4. The van der Waals surface area contributed by atoms with Crippen LogP contribution >= 0.6 is 0 Å². The molecule has 4 aromatic rings. The molecule has 0 unspecified atom stereocenters. The van der Waals surface area contributed by atoms with Gasteiger partial charge in [-0.25, -0.2) is 9.59 Å². The van der Waals surface area contributed by atoms with E-state index in [9.17, 15) is 9.59 Å². The van der Waals surface area contributed by atoms with E-state index in [1.165, 1.54) is 0 Å². The fourth-order valence-corrected chi connectivity index (χ4v) is 4.24. The summed E-state index contributed by atoms with van der Waals surface area (Å²) in [5.41, 5.74) is 5.78. The van der Waals surface area contributed by atoms with Crippen molar-refractivity contribution in [1.29, 1.82) is 0 Å². The first kappa shape index (κ1) is 27.3. The Morgan fingerprint density at radius 3 is 1.28 bits per heavy atom. The molecule has 0 atom stereocenters. The van der Waals surface area contributed by atoms with Crippen LogP contribution in [-0.2, 0) is 15.0 Å². The zero-order valence-corrected chi connectivity index (χ0v) is 22.8. The average molecular weight is 517 g/mol. The summed E-state index contributed by atoms with van der Waals surface area (Å²) in [5, 5.41) is 0. The van der Waals surface area contributed by atoms with Crippen molar-refractivity contribution >= 4 is 11.9 Å². The first-order valence-electron chi connectivity index (χ1n) is 12.7. The summed E-state index contributed by atoms with van der Waals surface area (Å²) >= 11 is 0. The van der Waals surface area contributed by atoms with Gasteiger partial charge in [0, 0.05) is 27.7 Å². The van der Waals surface area contributed by atoms with Crippen LogP contribution in [0.3, 0.4) is 0 Å². The third kappa shape index (κ3) is 6.07. The number of ether oxygens (including phenoxy) is 2. The molecule has 0 bridgehead atoms. The van der Waals surface area contributed by atoms with Crippen molar-refractivity contribution in [3.8, 4) is 33.8 Å². The van der Waals surface area contributed by atoms with E-state index < -0.39 is 17.4 Å². The highest BCUT2D eigenvalue weighted by molar-refractivity contribution is 5.91. The summed E-state index contributed by atoms with van der Waals surface area (Å²) < 4.78 is 11.4. The topological polar surface area (TPSA) is 52.6 Å². The van der Waals surface area contributed by atoms with Crippen molar-refractivity contribution in [2.45, 2.75) is 33.1 Å². The Hall–Kier alpha value is -4.70. The molecule has 0 fully saturated rings. The monoisotopic (exact) mass is 516 g/mol. The van der Waals surface area contributed by atoms with Gasteiger partial charge >= 0.3 is 11.9 Å². The van der Waals surface area contributed by atoms with E-state index in [0.29, 0.717) is 22.6 Å². The smallest absolute Gasteiger partial charge is 0.338 e. The van der Waals surface area contributed by atoms with E-state index in [4.69, 9.17) is 9.47 Å². The lowest BCUT2D eigenvalue weighted by Crippen LogP contribution is -2.20. The molecule has 0 radical (unpaired) electrons. The Balaban J connectivity index is 1.82. The van der Waals surface area contributed by atoms with Crippen LogP contribution in [0.1, 0.15) is 38.8 Å². The normalized spacial score (nSPS) is 11.0. The highest BCUT2D eigenvalue weighted by Gasteiger charge is 2.27. The minimum absolute atomic E-state index is 0.333. The zero-order valence-electron chi connectivity index (χ0n) is 22.8. The van der Waals surface area contributed by atoms with Gasteiger partial charge in [0.15, 0.2) is 0 Å². The zero-order chi connectivity index (χ0) is 28.2. The molecule has 0 aliphatic carbocycles. The Bertz CT molecular complexity index is 1430. The molecule has 4 rings (SSSR count). The molecular weight excluding hydrogens is 484 g/mol. The Morgan fingerprint density at radius 2 is 0.949 bits per heavy atom. The molecule has 0 N–H and O–H groups in total. The molecule has 0 aliphatic rings. The van der Waals surface area contributed by atoms with E-state index in [1.54, 1.807) is 13.8 Å². The summed E-state index contributed by atoms with van der Waals surface area (Å²) in [6.07, 6.45) is 0. The Morgan fingerprint density at radius 1 is 0.590 bits per heavy atom. The predicted molar refractivity (Wildman–Crippen MR) is 157 cm³/mol. The van der Waals surface area contributed by atoms with E-state index in [1.807, 2.05) is 84.9 Å². The standard InChI is InChI=1S/C35H32O4/c1-23(2)33(36)38-31-19-17-27(21-29(31)25-13-9-7-10-14-25)35(5,6)28-18-20-32(39-34(37)24(3)4)30(22-28)26-15-11-8-12-16-26/h7-22H,1,3H2,2,4-6H3. The Labute approximate surface area is 230 Å². The van der Waals surface area contributed by atoms with Gasteiger partial charge in [0.2, 0.25) is 0 Å². The molecule has 0 amide bonds. The van der Waals surface area contributed by atoms with Gasteiger partial charge in [0.1, 0.15) is 11.5 Å². The molecule has 0 aromatic heterocycles. The SMILES string of the molecule is C=C(C)C(=O)Oc1ccc(C(C)(C)c2ccc(OC(=O)C(=C)C)c(-c3ccccc3)c2)cc1-c1ccccc1. The van der Waals surface area contributed by atoms with Gasteiger partial charge in [-0.15, -0.1) is 0 Å². The fourth-order valence-electron chi connectivity index (χ4n) is 4.24. The first-order chi connectivity index (χ1) is 18.6. The second-order valence-corrected chi connectivity index (χ2v) is 10.1. The quantitative estimate of drug-likeness (QED) is 0.134. The number of carbonyl (C=O) groups excluding carboxylic acids is 2. The van der Waals surface area contributed by atoms with Crippen molar-refractivity contribution in [3.05, 3.63) is 132 Å². The van der Waals surface area contributed by atoms with Gasteiger partial charge < -0.3 is 9.47 Å². The number of benzene rings is 4. The van der Waals surface area contributed by atoms with Crippen LogP contribution in [-0.4, -0.2) is 11.9 Å². The lowest BCUT2D eigenvalue weighted by atomic mass is 9.76. The second-order valence-electron chi connectivity index (χ2n) is 10.1. The maximum absolute atomic E-state index is 12.4. The maximum Gasteiger partial charge on any atom is 0.338 e. The summed E-state index contributed by atoms with van der Waals surface area (Å²) in [4.78, 5) is 24.7. The summed E-state index contributed by atoms with van der Waals surface area (Å²) in [6, 6.07) is 31.4. The number of esters is 2. The molecule has 39 heavy (non-hydrogen) atoms. The van der Waals surface area contributed by atoms with Gasteiger partial charge in [0.25, 0.3) is 0 Å². The predicted octanol–water partition coefficient (Wildman–Crippen LogP) is 8.31. The van der Waals surface area contributed by atoms with E-state index in [-0.39, 0.29) is 0 Å². The molecule has 4 nitrogen and oxygen atoms in total. The average Bonchev–Trinajstić information content (AvgIpc) is 2.94. The molecule has 0 aliphatic heterocycles. The van der Waals surface area contributed by atoms with Gasteiger partial charge in [-0.1, -0.05) is 99.8 Å². The van der Waals surface area contributed by atoms with Crippen LogP contribution in [0.25, 0.3) is 22.3 Å². The van der Waals surface area contributed by atoms with Gasteiger partial charge in [-0.2, -0.15) is 0 Å². The van der Waals surface area contributed by atoms with Crippen LogP contribution in [0, 0.1) is 0 Å². The molecular formula is C35H32O4. The molecule has 4 heteroatoms. The van der Waals surface area contributed by atoms with Crippen LogP contribution in [0.15, 0.2) is 121 Å². The van der Waals surface area contributed by atoms with Crippen LogP contribution in [0.5, 0.6) is 11.5 Å². The molecule has 0 saturated carbocycles. The highest BCUT2D eigenvalue weighted by atomic mass is 16.5. The molecule has 4 aromatic carbocycles. The highest BCUT2D eigenvalue weighted by Crippen LogP contribution is 2.41. The van der Waals surface area contributed by atoms with Gasteiger partial charge in [-0.05, 0) is 60.4 Å². The van der Waals surface area contributed by atoms with E-state index in [2.05, 4.69) is 39.1 Å². The largest absolute Gasteiger partial charge is 0.423 e. The van der Waals surface area contributed by atoms with Crippen molar-refractivity contribution in [2.75, 3.05) is 0 Å². The number of rotatable bonds is 8. The minimum atomic E-state index is -0.466. The fraction of sp³-hybridized carbons (Fsp3) is 0.143. The number of hydrogen-bond donors (Lipinski definition) is 0. The lowest BCUT2D eigenvalue weighted by molar-refractivity contribution is -0.130. The summed E-state index contributed by atoms with van der Waals surface area (Å²) in [5.74, 6) is 0.0136. The lowest BCUT2D eigenvalue weighted by Gasteiger charge is -2.28. The summed E-state index contributed by atoms with van der Waals surface area (Å²) in [6.45, 7) is 15.0. The summed E-state index contributed by atoms with van der Waals surface area (Å²) in [7, 11) is 0. The van der Waals surface area contributed by atoms with E-state index >= 15 is 0 Å². The van der Waals surface area contributed by atoms with Crippen LogP contribution in [0.2, 0.25) is 0 Å². The molecule has 0 heterocycles. The van der Waals surface area contributed by atoms with Crippen molar-refractivity contribution in [3.63, 3.8) is 0 Å². The third-order valence-corrected chi connectivity index (χ3v) is 6.67. The van der Waals surface area contributed by atoms with Crippen molar-refractivity contribution in [2.24, 2.45) is 0 Å².